The van der Waals surface area contributed by atoms with Gasteiger partial charge in [0.1, 0.15) is 6.61 Å². The van der Waals surface area contributed by atoms with Crippen molar-refractivity contribution in [3.63, 3.8) is 0 Å². The quantitative estimate of drug-likeness (QED) is 0.293. The van der Waals surface area contributed by atoms with Gasteiger partial charge in [-0.2, -0.15) is 0 Å². The van der Waals surface area contributed by atoms with Gasteiger partial charge >= 0.3 is 0 Å². The summed E-state index contributed by atoms with van der Waals surface area (Å²) >= 11 is 3.44. The highest BCUT2D eigenvalue weighted by Gasteiger charge is 1.90. The molecule has 0 aliphatic heterocycles. The topological polar surface area (TPSA) is 9.23 Å². The van der Waals surface area contributed by atoms with E-state index in [4.69, 9.17) is 4.74 Å². The predicted octanol–water partition coefficient (Wildman–Crippen LogP) is 5.09. The summed E-state index contributed by atoms with van der Waals surface area (Å²) in [6, 6.07) is 0. The van der Waals surface area contributed by atoms with Gasteiger partial charge < -0.3 is 4.74 Å². The lowest BCUT2D eigenvalue weighted by Crippen LogP contribution is -1.89. The molecule has 0 aliphatic carbocycles. The highest BCUT2D eigenvalue weighted by atomic mass is 79.9. The van der Waals surface area contributed by atoms with Crippen LogP contribution in [0.25, 0.3) is 0 Å². The molecule has 17 heavy (non-hydrogen) atoms. The van der Waals surface area contributed by atoms with Crippen molar-refractivity contribution in [1.82, 2.24) is 0 Å². The zero-order valence-electron chi connectivity index (χ0n) is 11.1. The molecule has 0 unspecified atom stereocenters. The molecular weight excluding hydrogens is 276 g/mol. The normalized spacial score (nSPS) is 10.0. The van der Waals surface area contributed by atoms with E-state index in [1.54, 1.807) is 0 Å². The van der Waals surface area contributed by atoms with Crippen LogP contribution in [0, 0.1) is 18.4 Å². The Morgan fingerprint density at radius 3 is 2.59 bits per heavy atom. The van der Waals surface area contributed by atoms with Crippen LogP contribution in [0.15, 0.2) is 0 Å². The summed E-state index contributed by atoms with van der Waals surface area (Å²) in [5, 5.41) is 1.13. The molecule has 0 atom stereocenters. The molecule has 0 aromatic rings. The van der Waals surface area contributed by atoms with Gasteiger partial charge in [0, 0.05) is 11.8 Å². The second-order valence-electron chi connectivity index (χ2n) is 4.18. The number of hydrogen-bond donors (Lipinski definition) is 0. The maximum absolute atomic E-state index is 5.34. The maximum Gasteiger partial charge on any atom is 0.108 e. The van der Waals surface area contributed by atoms with E-state index in [0.29, 0.717) is 6.61 Å². The first-order chi connectivity index (χ1) is 8.41. The Morgan fingerprint density at radius 2 is 1.82 bits per heavy atom. The second kappa shape index (κ2) is 16.0. The van der Waals surface area contributed by atoms with E-state index < -0.39 is 0 Å². The average Bonchev–Trinajstić information content (AvgIpc) is 2.35. The van der Waals surface area contributed by atoms with Gasteiger partial charge in [0.15, 0.2) is 0 Å². The molecule has 0 amide bonds. The Kier molecular flexibility index (Phi) is 16.0. The summed E-state index contributed by atoms with van der Waals surface area (Å²) < 4.78 is 5.34. The van der Waals surface area contributed by atoms with Crippen LogP contribution in [0.4, 0.5) is 0 Å². The fourth-order valence-electron chi connectivity index (χ4n) is 1.46. The van der Waals surface area contributed by atoms with Crippen LogP contribution in [0.5, 0.6) is 0 Å². The largest absolute Gasteiger partial charge is 0.363 e. The summed E-state index contributed by atoms with van der Waals surface area (Å²) in [6.45, 7) is 4.69. The fraction of sp³-hybridized carbons (Fsp3) is 0.800. The molecule has 0 aliphatic rings. The third-order valence-corrected chi connectivity index (χ3v) is 3.07. The third kappa shape index (κ3) is 16.0. The Balaban J connectivity index is 3.02. The second-order valence-corrected chi connectivity index (χ2v) is 4.97. The maximum atomic E-state index is 5.34. The van der Waals surface area contributed by atoms with Crippen molar-refractivity contribution >= 4 is 15.9 Å². The first-order valence-electron chi connectivity index (χ1n) is 6.86. The third-order valence-electron chi connectivity index (χ3n) is 2.51. The van der Waals surface area contributed by atoms with E-state index in [0.717, 1.165) is 18.2 Å². The molecule has 2 heteroatoms. The molecule has 1 nitrogen and oxygen atoms in total. The molecule has 0 bridgehead atoms. The Bertz CT molecular complexity index is 193. The Hall–Kier alpha value is 0. The van der Waals surface area contributed by atoms with E-state index in [1.807, 2.05) is 6.61 Å². The molecule has 99 valence electrons. The van der Waals surface area contributed by atoms with Crippen LogP contribution in [0.3, 0.4) is 0 Å². The van der Waals surface area contributed by atoms with Gasteiger partial charge in [-0.1, -0.05) is 60.9 Å². The molecule has 0 heterocycles. The molecular formula is C15H26BrO. The lowest BCUT2D eigenvalue weighted by atomic mass is 10.2. The number of alkyl halides is 1. The lowest BCUT2D eigenvalue weighted by Gasteiger charge is -1.99. The fourth-order valence-corrected chi connectivity index (χ4v) is 1.86. The van der Waals surface area contributed by atoms with Gasteiger partial charge in [0.2, 0.25) is 0 Å². The van der Waals surface area contributed by atoms with Crippen LogP contribution in [-0.4, -0.2) is 11.9 Å². The number of rotatable bonds is 11. The smallest absolute Gasteiger partial charge is 0.108 e. The molecule has 0 saturated carbocycles. The van der Waals surface area contributed by atoms with Gasteiger partial charge in [-0.3, -0.25) is 0 Å². The van der Waals surface area contributed by atoms with Crippen molar-refractivity contribution in [3.05, 3.63) is 6.61 Å². The minimum absolute atomic E-state index is 0.563. The standard InChI is InChI=1S/C15H26BrO/c1-2-3-4-5-8-11-14-17-15-12-9-6-7-10-13-16/h15H,2-7,9-10,12-14H2,1H3. The zero-order chi connectivity index (χ0) is 12.6. The Morgan fingerprint density at radius 1 is 1.00 bits per heavy atom. The summed E-state index contributed by atoms with van der Waals surface area (Å²) in [4.78, 5) is 0. The highest BCUT2D eigenvalue weighted by Crippen LogP contribution is 2.06. The first-order valence-corrected chi connectivity index (χ1v) is 7.99. The first kappa shape index (κ1) is 17.0. The predicted molar refractivity (Wildman–Crippen MR) is 79.0 cm³/mol. The number of ether oxygens (including phenoxy) is 1. The number of hydrogen-bond acceptors (Lipinski definition) is 1. The molecule has 0 N–H and O–H groups in total. The van der Waals surface area contributed by atoms with Crippen molar-refractivity contribution in [1.29, 1.82) is 0 Å². The minimum Gasteiger partial charge on any atom is -0.363 e. The van der Waals surface area contributed by atoms with E-state index >= 15 is 0 Å². The van der Waals surface area contributed by atoms with Gasteiger partial charge in [-0.05, 0) is 19.3 Å². The molecule has 0 aromatic heterocycles. The minimum atomic E-state index is 0.563. The van der Waals surface area contributed by atoms with Crippen LogP contribution in [0.2, 0.25) is 0 Å². The average molecular weight is 302 g/mol. The van der Waals surface area contributed by atoms with Crippen molar-refractivity contribution in [2.24, 2.45) is 0 Å². The van der Waals surface area contributed by atoms with Crippen molar-refractivity contribution < 1.29 is 4.74 Å². The van der Waals surface area contributed by atoms with E-state index in [1.165, 1.54) is 44.9 Å². The molecule has 0 rings (SSSR count). The molecule has 0 fully saturated rings. The van der Waals surface area contributed by atoms with Crippen molar-refractivity contribution in [2.75, 3.05) is 11.9 Å². The highest BCUT2D eigenvalue weighted by molar-refractivity contribution is 9.09. The number of halogens is 1. The van der Waals surface area contributed by atoms with Crippen molar-refractivity contribution in [2.45, 2.75) is 64.7 Å². The molecule has 1 radical (unpaired) electrons. The van der Waals surface area contributed by atoms with E-state index in [-0.39, 0.29) is 0 Å². The molecule has 0 aromatic carbocycles. The summed E-state index contributed by atoms with van der Waals surface area (Å²) in [6.07, 6.45) is 11.0. The monoisotopic (exact) mass is 301 g/mol. The lowest BCUT2D eigenvalue weighted by molar-refractivity contribution is 0.227. The zero-order valence-corrected chi connectivity index (χ0v) is 12.7. The Labute approximate surface area is 116 Å². The van der Waals surface area contributed by atoms with Gasteiger partial charge in [0.05, 0.1) is 6.61 Å². The van der Waals surface area contributed by atoms with Crippen LogP contribution in [-0.2, 0) is 4.74 Å². The SMILES string of the molecule is CCCCCC#CCO[CH]CCCCCCBr. The molecule has 0 saturated heterocycles. The van der Waals surface area contributed by atoms with Crippen molar-refractivity contribution in [3.8, 4) is 11.8 Å². The van der Waals surface area contributed by atoms with Crippen LogP contribution in [0.1, 0.15) is 64.7 Å². The molecule has 0 spiro atoms. The summed E-state index contributed by atoms with van der Waals surface area (Å²) in [5.74, 6) is 6.18. The summed E-state index contributed by atoms with van der Waals surface area (Å²) in [7, 11) is 0. The van der Waals surface area contributed by atoms with Crippen LogP contribution >= 0.6 is 15.9 Å². The van der Waals surface area contributed by atoms with Gasteiger partial charge in [-0.15, -0.1) is 5.92 Å². The number of unbranched alkanes of at least 4 members (excludes halogenated alkanes) is 7. The van der Waals surface area contributed by atoms with Crippen LogP contribution < -0.4 is 0 Å². The summed E-state index contributed by atoms with van der Waals surface area (Å²) in [5.41, 5.74) is 0. The van der Waals surface area contributed by atoms with E-state index in [2.05, 4.69) is 34.7 Å². The van der Waals surface area contributed by atoms with Gasteiger partial charge in [-0.25, -0.2) is 0 Å². The van der Waals surface area contributed by atoms with Gasteiger partial charge in [0.25, 0.3) is 0 Å². The van der Waals surface area contributed by atoms with E-state index in [9.17, 15) is 0 Å².